The molecule has 3 rings (SSSR count). The number of pyridine rings is 1. The summed E-state index contributed by atoms with van der Waals surface area (Å²) in [5, 5.41) is 0. The molecule has 0 saturated carbocycles. The lowest BCUT2D eigenvalue weighted by atomic mass is 10.2. The Labute approximate surface area is 124 Å². The van der Waals surface area contributed by atoms with Gasteiger partial charge in [-0.25, -0.2) is 4.39 Å². The first-order valence-corrected chi connectivity index (χ1v) is 7.13. The van der Waals surface area contributed by atoms with Crippen LogP contribution >= 0.6 is 0 Å². The van der Waals surface area contributed by atoms with Crippen LogP contribution in [-0.2, 0) is 6.54 Å². The molecule has 1 aliphatic rings. The summed E-state index contributed by atoms with van der Waals surface area (Å²) in [4.78, 5) is 8.54. The summed E-state index contributed by atoms with van der Waals surface area (Å²) in [5.41, 5.74) is 8.71. The van der Waals surface area contributed by atoms with Crippen LogP contribution in [0.5, 0.6) is 0 Å². The monoisotopic (exact) mass is 286 g/mol. The fraction of sp³-hybridized carbons (Fsp3) is 0.312. The molecule has 4 nitrogen and oxygen atoms in total. The number of piperazine rings is 1. The van der Waals surface area contributed by atoms with E-state index in [9.17, 15) is 4.39 Å². The number of hydrogen-bond acceptors (Lipinski definition) is 4. The molecule has 0 spiro atoms. The summed E-state index contributed by atoms with van der Waals surface area (Å²) < 4.78 is 13.1. The van der Waals surface area contributed by atoms with E-state index in [0.717, 1.165) is 44.0 Å². The summed E-state index contributed by atoms with van der Waals surface area (Å²) in [6.07, 6.45) is 2.97. The maximum Gasteiger partial charge on any atom is 0.141 e. The number of halogens is 1. The van der Waals surface area contributed by atoms with E-state index < -0.39 is 0 Å². The zero-order valence-electron chi connectivity index (χ0n) is 11.9. The highest BCUT2D eigenvalue weighted by molar-refractivity contribution is 5.56. The van der Waals surface area contributed by atoms with Gasteiger partial charge in [0.15, 0.2) is 0 Å². The Kier molecular flexibility index (Phi) is 4.01. The van der Waals surface area contributed by atoms with Gasteiger partial charge in [0.25, 0.3) is 0 Å². The van der Waals surface area contributed by atoms with Gasteiger partial charge >= 0.3 is 0 Å². The standard InChI is InChI=1S/C16H19FN4/c17-14-8-13(10-19-11-14)12-20-4-6-21(7-5-20)16-3-1-2-15(18)9-16/h1-3,8-11H,4-7,12,18H2. The Hall–Kier alpha value is -2.14. The van der Waals surface area contributed by atoms with Crippen molar-refractivity contribution in [2.75, 3.05) is 36.8 Å². The maximum atomic E-state index is 13.1. The van der Waals surface area contributed by atoms with Gasteiger partial charge in [-0.15, -0.1) is 0 Å². The predicted octanol–water partition coefficient (Wildman–Crippen LogP) is 2.13. The normalized spacial score (nSPS) is 16.1. The van der Waals surface area contributed by atoms with E-state index in [2.05, 4.69) is 20.9 Å². The molecule has 2 aromatic rings. The maximum absolute atomic E-state index is 13.1. The summed E-state index contributed by atoms with van der Waals surface area (Å²) in [6.45, 7) is 4.55. The lowest BCUT2D eigenvalue weighted by molar-refractivity contribution is 0.249. The zero-order chi connectivity index (χ0) is 14.7. The Balaban J connectivity index is 1.58. The number of nitrogen functional groups attached to an aromatic ring is 1. The second-order valence-electron chi connectivity index (χ2n) is 5.37. The molecule has 0 radical (unpaired) electrons. The molecule has 5 heteroatoms. The number of nitrogens with two attached hydrogens (primary N) is 1. The summed E-state index contributed by atoms with van der Waals surface area (Å²) in [5.74, 6) is -0.272. The van der Waals surface area contributed by atoms with Crippen molar-refractivity contribution in [1.29, 1.82) is 0 Å². The largest absolute Gasteiger partial charge is 0.399 e. The van der Waals surface area contributed by atoms with Crippen LogP contribution in [0.15, 0.2) is 42.7 Å². The molecule has 0 bridgehead atoms. The summed E-state index contributed by atoms with van der Waals surface area (Å²) in [7, 11) is 0. The van der Waals surface area contributed by atoms with Crippen molar-refractivity contribution >= 4 is 11.4 Å². The molecule has 1 fully saturated rings. The average Bonchev–Trinajstić information content (AvgIpc) is 2.48. The van der Waals surface area contributed by atoms with E-state index in [0.29, 0.717) is 0 Å². The average molecular weight is 286 g/mol. The van der Waals surface area contributed by atoms with Crippen molar-refractivity contribution in [1.82, 2.24) is 9.88 Å². The van der Waals surface area contributed by atoms with E-state index in [4.69, 9.17) is 5.73 Å². The minimum atomic E-state index is -0.272. The van der Waals surface area contributed by atoms with Gasteiger partial charge in [0.2, 0.25) is 0 Å². The molecule has 2 heterocycles. The van der Waals surface area contributed by atoms with E-state index in [1.165, 1.54) is 11.9 Å². The first-order chi connectivity index (χ1) is 10.2. The molecule has 1 aromatic carbocycles. The van der Waals surface area contributed by atoms with Gasteiger partial charge in [-0.05, 0) is 29.8 Å². The summed E-state index contributed by atoms with van der Waals surface area (Å²) >= 11 is 0. The van der Waals surface area contributed by atoms with Crippen LogP contribution in [0.25, 0.3) is 0 Å². The first kappa shape index (κ1) is 13.8. The predicted molar refractivity (Wildman–Crippen MR) is 82.5 cm³/mol. The number of anilines is 2. The van der Waals surface area contributed by atoms with Crippen molar-refractivity contribution in [3.8, 4) is 0 Å². The van der Waals surface area contributed by atoms with E-state index in [1.54, 1.807) is 12.3 Å². The van der Waals surface area contributed by atoms with Crippen LogP contribution in [0, 0.1) is 5.82 Å². The van der Waals surface area contributed by atoms with Crippen molar-refractivity contribution in [3.63, 3.8) is 0 Å². The van der Waals surface area contributed by atoms with E-state index >= 15 is 0 Å². The molecule has 0 amide bonds. The molecule has 1 aromatic heterocycles. The highest BCUT2D eigenvalue weighted by Crippen LogP contribution is 2.19. The second-order valence-corrected chi connectivity index (χ2v) is 5.37. The molecule has 110 valence electrons. The minimum Gasteiger partial charge on any atom is -0.399 e. The zero-order valence-corrected chi connectivity index (χ0v) is 11.9. The molecular weight excluding hydrogens is 267 g/mol. The quantitative estimate of drug-likeness (QED) is 0.878. The second kappa shape index (κ2) is 6.10. The number of hydrogen-bond donors (Lipinski definition) is 1. The van der Waals surface area contributed by atoms with Gasteiger partial charge in [-0.2, -0.15) is 0 Å². The van der Waals surface area contributed by atoms with Crippen LogP contribution in [0.4, 0.5) is 15.8 Å². The van der Waals surface area contributed by atoms with Crippen molar-refractivity contribution < 1.29 is 4.39 Å². The molecule has 21 heavy (non-hydrogen) atoms. The van der Waals surface area contributed by atoms with Crippen molar-refractivity contribution in [2.45, 2.75) is 6.54 Å². The minimum absolute atomic E-state index is 0.272. The lowest BCUT2D eigenvalue weighted by Gasteiger charge is -2.36. The Bertz CT molecular complexity index is 609. The summed E-state index contributed by atoms with van der Waals surface area (Å²) in [6, 6.07) is 9.53. The van der Waals surface area contributed by atoms with Gasteiger partial charge < -0.3 is 10.6 Å². The third kappa shape index (κ3) is 3.49. The van der Waals surface area contributed by atoms with Crippen LogP contribution in [-0.4, -0.2) is 36.1 Å². The Morgan fingerprint density at radius 2 is 1.90 bits per heavy atom. The molecule has 0 unspecified atom stereocenters. The molecule has 2 N–H and O–H groups in total. The Morgan fingerprint density at radius 1 is 1.10 bits per heavy atom. The Morgan fingerprint density at radius 3 is 2.62 bits per heavy atom. The highest BCUT2D eigenvalue weighted by atomic mass is 19.1. The van der Waals surface area contributed by atoms with Gasteiger partial charge in [0.05, 0.1) is 6.20 Å². The smallest absolute Gasteiger partial charge is 0.141 e. The van der Waals surface area contributed by atoms with Crippen LogP contribution in [0.2, 0.25) is 0 Å². The van der Waals surface area contributed by atoms with Gasteiger partial charge in [0, 0.05) is 50.3 Å². The topological polar surface area (TPSA) is 45.4 Å². The van der Waals surface area contributed by atoms with E-state index in [1.807, 2.05) is 18.2 Å². The molecule has 0 aliphatic carbocycles. The van der Waals surface area contributed by atoms with Crippen molar-refractivity contribution in [2.24, 2.45) is 0 Å². The SMILES string of the molecule is Nc1cccc(N2CCN(Cc3cncc(F)c3)CC2)c1. The molecular formula is C16H19FN4. The van der Waals surface area contributed by atoms with Gasteiger partial charge in [-0.1, -0.05) is 6.07 Å². The van der Waals surface area contributed by atoms with Crippen LogP contribution in [0.1, 0.15) is 5.56 Å². The van der Waals surface area contributed by atoms with Gasteiger partial charge in [0.1, 0.15) is 5.82 Å². The molecule has 0 atom stereocenters. The fourth-order valence-corrected chi connectivity index (χ4v) is 2.69. The first-order valence-electron chi connectivity index (χ1n) is 7.13. The van der Waals surface area contributed by atoms with Gasteiger partial charge in [-0.3, -0.25) is 9.88 Å². The molecule has 1 saturated heterocycles. The van der Waals surface area contributed by atoms with E-state index in [-0.39, 0.29) is 5.82 Å². The molecule has 1 aliphatic heterocycles. The fourth-order valence-electron chi connectivity index (χ4n) is 2.69. The third-order valence-corrected chi connectivity index (χ3v) is 3.78. The lowest BCUT2D eigenvalue weighted by Crippen LogP contribution is -2.46. The number of rotatable bonds is 3. The number of aromatic nitrogens is 1. The third-order valence-electron chi connectivity index (χ3n) is 3.78. The van der Waals surface area contributed by atoms with Crippen LogP contribution in [0.3, 0.4) is 0 Å². The van der Waals surface area contributed by atoms with Crippen LogP contribution < -0.4 is 10.6 Å². The highest BCUT2D eigenvalue weighted by Gasteiger charge is 2.17. The number of nitrogens with zero attached hydrogens (tertiary/aromatic N) is 3. The van der Waals surface area contributed by atoms with Crippen molar-refractivity contribution in [3.05, 3.63) is 54.1 Å². The number of benzene rings is 1.